The van der Waals surface area contributed by atoms with E-state index in [0.717, 1.165) is 12.1 Å². The summed E-state index contributed by atoms with van der Waals surface area (Å²) in [6.45, 7) is 5.65. The Kier molecular flexibility index (Phi) is 6.60. The minimum absolute atomic E-state index is 0.257. The highest BCUT2D eigenvalue weighted by molar-refractivity contribution is 5.92. The van der Waals surface area contributed by atoms with Crippen molar-refractivity contribution in [3.05, 3.63) is 28.8 Å². The van der Waals surface area contributed by atoms with Crippen molar-refractivity contribution in [2.75, 3.05) is 20.2 Å². The van der Waals surface area contributed by atoms with Crippen LogP contribution in [0.5, 0.6) is 0 Å². The van der Waals surface area contributed by atoms with Crippen LogP contribution >= 0.6 is 0 Å². The predicted molar refractivity (Wildman–Crippen MR) is 83.3 cm³/mol. The van der Waals surface area contributed by atoms with Crippen LogP contribution in [0.15, 0.2) is 17.1 Å². The molecule has 128 valence electrons. The lowest BCUT2D eigenvalue weighted by atomic mass is 10.0. The van der Waals surface area contributed by atoms with Gasteiger partial charge in [-0.25, -0.2) is 9.79 Å². The van der Waals surface area contributed by atoms with Gasteiger partial charge in [0.05, 0.1) is 24.0 Å². The lowest BCUT2D eigenvalue weighted by Crippen LogP contribution is -2.15. The molecule has 1 aromatic carbocycles. The Labute approximate surface area is 134 Å². The molecule has 0 aliphatic rings. The van der Waals surface area contributed by atoms with E-state index in [2.05, 4.69) is 9.73 Å². The van der Waals surface area contributed by atoms with Gasteiger partial charge in [0, 0.05) is 13.6 Å². The van der Waals surface area contributed by atoms with Gasteiger partial charge in [0.2, 0.25) is 0 Å². The molecule has 0 fully saturated rings. The molecule has 1 aromatic rings. The van der Waals surface area contributed by atoms with E-state index in [1.807, 2.05) is 18.9 Å². The molecule has 0 spiro atoms. The number of benzene rings is 1. The SMILES string of the molecule is CCN(C)/C=N/c1ccc(C(=O)OCCC(F)(F)F)c(C)c1C. The summed E-state index contributed by atoms with van der Waals surface area (Å²) in [7, 11) is 1.89. The normalized spacial score (nSPS) is 11.8. The van der Waals surface area contributed by atoms with Crippen LogP contribution < -0.4 is 0 Å². The second kappa shape index (κ2) is 7.99. The first kappa shape index (κ1) is 19.0. The maximum absolute atomic E-state index is 12.1. The third-order valence-corrected chi connectivity index (χ3v) is 3.49. The van der Waals surface area contributed by atoms with Gasteiger partial charge in [-0.3, -0.25) is 0 Å². The quantitative estimate of drug-likeness (QED) is 0.449. The Bertz CT molecular complexity index is 583. The Morgan fingerprint density at radius 1 is 1.30 bits per heavy atom. The number of aliphatic imine (C=N–C) groups is 1. The van der Waals surface area contributed by atoms with Gasteiger partial charge in [0.25, 0.3) is 0 Å². The zero-order valence-corrected chi connectivity index (χ0v) is 13.7. The lowest BCUT2D eigenvalue weighted by molar-refractivity contribution is -0.141. The molecule has 0 radical (unpaired) electrons. The van der Waals surface area contributed by atoms with E-state index >= 15 is 0 Å². The van der Waals surface area contributed by atoms with Crippen LogP contribution in [0.2, 0.25) is 0 Å². The first-order valence-corrected chi connectivity index (χ1v) is 7.24. The summed E-state index contributed by atoms with van der Waals surface area (Å²) >= 11 is 0. The van der Waals surface area contributed by atoms with E-state index in [0.29, 0.717) is 11.3 Å². The number of esters is 1. The van der Waals surface area contributed by atoms with Gasteiger partial charge < -0.3 is 9.64 Å². The van der Waals surface area contributed by atoms with Gasteiger partial charge >= 0.3 is 12.1 Å². The smallest absolute Gasteiger partial charge is 0.392 e. The molecular formula is C16H21F3N2O2. The van der Waals surface area contributed by atoms with E-state index in [1.165, 1.54) is 6.07 Å². The number of hydrogen-bond acceptors (Lipinski definition) is 3. The van der Waals surface area contributed by atoms with Crippen LogP contribution in [0.1, 0.15) is 34.8 Å². The van der Waals surface area contributed by atoms with E-state index in [1.54, 1.807) is 26.3 Å². The zero-order valence-electron chi connectivity index (χ0n) is 13.7. The van der Waals surface area contributed by atoms with Gasteiger partial charge in [0.15, 0.2) is 0 Å². The van der Waals surface area contributed by atoms with Crippen LogP contribution in [0.3, 0.4) is 0 Å². The maximum Gasteiger partial charge on any atom is 0.392 e. The molecule has 0 unspecified atom stereocenters. The average Bonchev–Trinajstić information content (AvgIpc) is 2.46. The van der Waals surface area contributed by atoms with Crippen LogP contribution in [-0.4, -0.2) is 43.6 Å². The van der Waals surface area contributed by atoms with Crippen molar-refractivity contribution >= 4 is 18.0 Å². The van der Waals surface area contributed by atoms with Crippen LogP contribution in [0.4, 0.5) is 18.9 Å². The molecule has 0 aromatic heterocycles. The monoisotopic (exact) mass is 330 g/mol. The van der Waals surface area contributed by atoms with Crippen molar-refractivity contribution in [2.45, 2.75) is 33.4 Å². The standard InChI is InChI=1S/C16H21F3N2O2/c1-5-21(4)10-20-14-7-6-13(11(2)12(14)3)15(22)23-9-8-16(17,18)19/h6-7,10H,5,8-9H2,1-4H3/b20-10+. The molecule has 0 N–H and O–H groups in total. The first-order valence-electron chi connectivity index (χ1n) is 7.24. The number of carbonyl (C=O) groups excluding carboxylic acids is 1. The number of rotatable bonds is 6. The van der Waals surface area contributed by atoms with E-state index in [4.69, 9.17) is 0 Å². The summed E-state index contributed by atoms with van der Waals surface area (Å²) in [5.41, 5.74) is 2.40. The fraction of sp³-hybridized carbons (Fsp3) is 0.500. The summed E-state index contributed by atoms with van der Waals surface area (Å²) in [6.07, 6.45) is -3.80. The molecule has 0 saturated carbocycles. The molecule has 23 heavy (non-hydrogen) atoms. The number of nitrogens with zero attached hydrogens (tertiary/aromatic N) is 2. The Morgan fingerprint density at radius 2 is 1.96 bits per heavy atom. The van der Waals surface area contributed by atoms with Crippen molar-refractivity contribution in [3.8, 4) is 0 Å². The number of halogens is 3. The second-order valence-electron chi connectivity index (χ2n) is 5.20. The van der Waals surface area contributed by atoms with Crippen molar-refractivity contribution in [3.63, 3.8) is 0 Å². The van der Waals surface area contributed by atoms with Crippen LogP contribution in [-0.2, 0) is 4.74 Å². The highest BCUT2D eigenvalue weighted by Gasteiger charge is 2.27. The summed E-state index contributed by atoms with van der Waals surface area (Å²) in [5.74, 6) is -0.754. The largest absolute Gasteiger partial charge is 0.462 e. The van der Waals surface area contributed by atoms with Crippen molar-refractivity contribution in [2.24, 2.45) is 4.99 Å². The van der Waals surface area contributed by atoms with E-state index in [-0.39, 0.29) is 5.56 Å². The summed E-state index contributed by atoms with van der Waals surface area (Å²) in [6, 6.07) is 3.18. The maximum atomic E-state index is 12.1. The molecule has 0 aliphatic carbocycles. The van der Waals surface area contributed by atoms with Crippen molar-refractivity contribution < 1.29 is 22.7 Å². The fourth-order valence-electron chi connectivity index (χ4n) is 1.75. The molecule has 1 rings (SSSR count). The van der Waals surface area contributed by atoms with Crippen molar-refractivity contribution in [1.82, 2.24) is 4.90 Å². The molecule has 0 heterocycles. The van der Waals surface area contributed by atoms with Crippen LogP contribution in [0, 0.1) is 13.8 Å². The zero-order chi connectivity index (χ0) is 17.6. The second-order valence-corrected chi connectivity index (χ2v) is 5.20. The highest BCUT2D eigenvalue weighted by Crippen LogP contribution is 2.25. The Balaban J connectivity index is 2.84. The molecule has 0 amide bonds. The molecule has 7 heteroatoms. The van der Waals surface area contributed by atoms with Crippen molar-refractivity contribution in [1.29, 1.82) is 0 Å². The molecule has 4 nitrogen and oxygen atoms in total. The minimum atomic E-state index is -4.34. The molecule has 0 aliphatic heterocycles. The number of carbonyl (C=O) groups is 1. The third-order valence-electron chi connectivity index (χ3n) is 3.49. The van der Waals surface area contributed by atoms with Crippen LogP contribution in [0.25, 0.3) is 0 Å². The molecule has 0 atom stereocenters. The van der Waals surface area contributed by atoms with E-state index in [9.17, 15) is 18.0 Å². The number of ether oxygens (including phenoxy) is 1. The number of alkyl halides is 3. The van der Waals surface area contributed by atoms with E-state index < -0.39 is 25.2 Å². The van der Waals surface area contributed by atoms with Gasteiger partial charge in [-0.15, -0.1) is 0 Å². The fourth-order valence-corrected chi connectivity index (χ4v) is 1.75. The van der Waals surface area contributed by atoms with Gasteiger partial charge in [0.1, 0.15) is 6.61 Å². The summed E-state index contributed by atoms with van der Waals surface area (Å²) < 4.78 is 40.9. The van der Waals surface area contributed by atoms with Gasteiger partial charge in [-0.2, -0.15) is 13.2 Å². The lowest BCUT2D eigenvalue weighted by Gasteiger charge is -2.13. The summed E-state index contributed by atoms with van der Waals surface area (Å²) in [4.78, 5) is 18.1. The molecule has 0 saturated heterocycles. The molecular weight excluding hydrogens is 309 g/mol. The summed E-state index contributed by atoms with van der Waals surface area (Å²) in [5, 5.41) is 0. The number of hydrogen-bond donors (Lipinski definition) is 0. The Morgan fingerprint density at radius 3 is 2.52 bits per heavy atom. The van der Waals surface area contributed by atoms with Gasteiger partial charge in [-0.1, -0.05) is 0 Å². The Hall–Kier alpha value is -2.05. The highest BCUT2D eigenvalue weighted by atomic mass is 19.4. The average molecular weight is 330 g/mol. The molecule has 0 bridgehead atoms. The first-order chi connectivity index (χ1) is 10.7. The minimum Gasteiger partial charge on any atom is -0.462 e. The predicted octanol–water partition coefficient (Wildman–Crippen LogP) is 4.02. The van der Waals surface area contributed by atoms with Gasteiger partial charge in [-0.05, 0) is 44.0 Å². The third kappa shape index (κ3) is 5.92. The topological polar surface area (TPSA) is 41.9 Å².